The Morgan fingerprint density at radius 3 is 2.80 bits per heavy atom. The summed E-state index contributed by atoms with van der Waals surface area (Å²) in [6.07, 6.45) is 5.10. The van der Waals surface area contributed by atoms with Crippen LogP contribution in [-0.4, -0.2) is 11.9 Å². The summed E-state index contributed by atoms with van der Waals surface area (Å²) < 4.78 is 13.7. The van der Waals surface area contributed by atoms with E-state index in [4.69, 9.17) is 11.6 Å². The SMILES string of the molecule is C[C@H](NC(=O)c1c(F)cccc1Cl)[C@H]1C[C@H]2CC[C@H]1C2. The molecule has 1 aromatic carbocycles. The highest BCUT2D eigenvalue weighted by molar-refractivity contribution is 6.33. The number of fused-ring (bicyclic) bond motifs is 2. The van der Waals surface area contributed by atoms with E-state index < -0.39 is 11.7 Å². The molecule has 2 aliphatic carbocycles. The number of hydrogen-bond acceptors (Lipinski definition) is 1. The molecule has 0 aliphatic heterocycles. The zero-order valence-corrected chi connectivity index (χ0v) is 12.3. The minimum atomic E-state index is -0.560. The van der Waals surface area contributed by atoms with E-state index in [0.29, 0.717) is 5.92 Å². The molecule has 20 heavy (non-hydrogen) atoms. The normalized spacial score (nSPS) is 29.4. The third kappa shape index (κ3) is 2.44. The van der Waals surface area contributed by atoms with Gasteiger partial charge in [0.15, 0.2) is 0 Å². The van der Waals surface area contributed by atoms with E-state index in [-0.39, 0.29) is 16.6 Å². The van der Waals surface area contributed by atoms with Gasteiger partial charge in [-0.1, -0.05) is 24.1 Å². The molecule has 0 aromatic heterocycles. The van der Waals surface area contributed by atoms with Crippen LogP contribution in [0.25, 0.3) is 0 Å². The minimum absolute atomic E-state index is 0.0378. The van der Waals surface area contributed by atoms with Crippen molar-refractivity contribution in [3.05, 3.63) is 34.6 Å². The van der Waals surface area contributed by atoms with Crippen LogP contribution in [0.3, 0.4) is 0 Å². The topological polar surface area (TPSA) is 29.1 Å². The molecule has 3 rings (SSSR count). The number of rotatable bonds is 3. The molecule has 1 amide bonds. The minimum Gasteiger partial charge on any atom is -0.349 e. The molecular weight excluding hydrogens is 277 g/mol. The van der Waals surface area contributed by atoms with E-state index in [1.54, 1.807) is 6.07 Å². The zero-order valence-electron chi connectivity index (χ0n) is 11.5. The zero-order chi connectivity index (χ0) is 14.3. The van der Waals surface area contributed by atoms with Crippen LogP contribution in [0.5, 0.6) is 0 Å². The molecule has 4 heteroatoms. The molecule has 108 valence electrons. The van der Waals surface area contributed by atoms with Gasteiger partial charge in [0.2, 0.25) is 0 Å². The van der Waals surface area contributed by atoms with Crippen molar-refractivity contribution >= 4 is 17.5 Å². The van der Waals surface area contributed by atoms with Crippen LogP contribution in [-0.2, 0) is 0 Å². The summed E-state index contributed by atoms with van der Waals surface area (Å²) in [6, 6.07) is 4.40. The Hall–Kier alpha value is -1.09. The molecule has 4 atom stereocenters. The van der Waals surface area contributed by atoms with Gasteiger partial charge in [0.05, 0.1) is 10.6 Å². The van der Waals surface area contributed by atoms with Gasteiger partial charge in [-0.2, -0.15) is 0 Å². The number of carbonyl (C=O) groups is 1. The van der Waals surface area contributed by atoms with Crippen LogP contribution < -0.4 is 5.32 Å². The maximum Gasteiger partial charge on any atom is 0.255 e. The smallest absolute Gasteiger partial charge is 0.255 e. The first-order valence-electron chi connectivity index (χ1n) is 7.31. The highest BCUT2D eigenvalue weighted by atomic mass is 35.5. The number of carbonyl (C=O) groups excluding carboxylic acids is 1. The molecule has 0 saturated heterocycles. The molecule has 2 nitrogen and oxygen atoms in total. The lowest BCUT2D eigenvalue weighted by Crippen LogP contribution is -2.40. The summed E-state index contributed by atoms with van der Waals surface area (Å²) in [5, 5.41) is 3.11. The lowest BCUT2D eigenvalue weighted by atomic mass is 9.84. The molecule has 0 spiro atoms. The third-order valence-electron chi connectivity index (χ3n) is 4.98. The largest absolute Gasteiger partial charge is 0.349 e. The van der Waals surface area contributed by atoms with E-state index >= 15 is 0 Å². The molecule has 2 saturated carbocycles. The number of hydrogen-bond donors (Lipinski definition) is 1. The van der Waals surface area contributed by atoms with Gasteiger partial charge in [-0.25, -0.2) is 4.39 Å². The van der Waals surface area contributed by atoms with Crippen LogP contribution in [0.1, 0.15) is 43.0 Å². The highest BCUT2D eigenvalue weighted by Crippen LogP contribution is 2.49. The van der Waals surface area contributed by atoms with Gasteiger partial charge in [0.1, 0.15) is 5.82 Å². The Kier molecular flexibility index (Phi) is 3.72. The number of benzene rings is 1. The summed E-state index contributed by atoms with van der Waals surface area (Å²) in [7, 11) is 0. The van der Waals surface area contributed by atoms with Gasteiger partial charge in [0, 0.05) is 6.04 Å². The van der Waals surface area contributed by atoms with Crippen LogP contribution in [0.15, 0.2) is 18.2 Å². The monoisotopic (exact) mass is 295 g/mol. The summed E-state index contributed by atoms with van der Waals surface area (Å²) in [4.78, 5) is 12.2. The Labute approximate surface area is 123 Å². The fraction of sp³-hybridized carbons (Fsp3) is 0.562. The van der Waals surface area contributed by atoms with Gasteiger partial charge in [-0.3, -0.25) is 4.79 Å². The maximum atomic E-state index is 13.7. The van der Waals surface area contributed by atoms with Crippen LogP contribution >= 0.6 is 11.6 Å². The Balaban J connectivity index is 1.70. The van der Waals surface area contributed by atoms with E-state index in [2.05, 4.69) is 5.32 Å². The van der Waals surface area contributed by atoms with Gasteiger partial charge in [-0.05, 0) is 56.1 Å². The summed E-state index contributed by atoms with van der Waals surface area (Å²) in [5.41, 5.74) is -0.0378. The van der Waals surface area contributed by atoms with Crippen molar-refractivity contribution in [2.24, 2.45) is 17.8 Å². The van der Waals surface area contributed by atoms with Crippen LogP contribution in [0.4, 0.5) is 4.39 Å². The van der Waals surface area contributed by atoms with E-state index in [0.717, 1.165) is 11.8 Å². The molecule has 2 aliphatic rings. The summed E-state index contributed by atoms with van der Waals surface area (Å²) in [5.74, 6) is 1.13. The van der Waals surface area contributed by atoms with E-state index in [1.165, 1.54) is 37.8 Å². The Bertz CT molecular complexity index is 513. The fourth-order valence-electron chi connectivity index (χ4n) is 4.01. The van der Waals surface area contributed by atoms with Gasteiger partial charge < -0.3 is 5.32 Å². The quantitative estimate of drug-likeness (QED) is 0.896. The van der Waals surface area contributed by atoms with Crippen molar-refractivity contribution in [2.45, 2.75) is 38.6 Å². The second kappa shape index (κ2) is 5.36. The highest BCUT2D eigenvalue weighted by Gasteiger charge is 2.42. The molecule has 2 fully saturated rings. The molecule has 2 bridgehead atoms. The van der Waals surface area contributed by atoms with Gasteiger partial charge in [0.25, 0.3) is 5.91 Å². The van der Waals surface area contributed by atoms with Gasteiger partial charge in [-0.15, -0.1) is 0 Å². The van der Waals surface area contributed by atoms with Crippen molar-refractivity contribution < 1.29 is 9.18 Å². The second-order valence-corrected chi connectivity index (χ2v) is 6.60. The predicted octanol–water partition coefficient (Wildman–Crippen LogP) is 4.03. The maximum absolute atomic E-state index is 13.7. The molecule has 1 N–H and O–H groups in total. The number of amides is 1. The van der Waals surface area contributed by atoms with Crippen molar-refractivity contribution in [3.8, 4) is 0 Å². The lowest BCUT2D eigenvalue weighted by molar-refractivity contribution is 0.0911. The number of nitrogens with one attached hydrogen (secondary N) is 1. The van der Waals surface area contributed by atoms with Crippen LogP contribution in [0, 0.1) is 23.6 Å². The third-order valence-corrected chi connectivity index (χ3v) is 5.30. The average Bonchev–Trinajstić information content (AvgIpc) is 3.00. The standard InChI is InChI=1S/C16H19ClFNO/c1-9(12-8-10-5-6-11(12)7-10)19-16(20)15-13(17)3-2-4-14(15)18/h2-4,9-12H,5-8H2,1H3,(H,19,20)/t9-,10-,11-,12+/m0/s1. The first-order valence-corrected chi connectivity index (χ1v) is 7.69. The lowest BCUT2D eigenvalue weighted by Gasteiger charge is -2.28. The molecule has 1 aromatic rings. The fourth-order valence-corrected chi connectivity index (χ4v) is 4.26. The number of halogens is 2. The molecule has 0 heterocycles. The van der Waals surface area contributed by atoms with Gasteiger partial charge >= 0.3 is 0 Å². The first-order chi connectivity index (χ1) is 9.56. The van der Waals surface area contributed by atoms with E-state index in [9.17, 15) is 9.18 Å². The Morgan fingerprint density at radius 1 is 1.40 bits per heavy atom. The predicted molar refractivity (Wildman–Crippen MR) is 77.3 cm³/mol. The Morgan fingerprint density at radius 2 is 2.20 bits per heavy atom. The molecule has 0 radical (unpaired) electrons. The van der Waals surface area contributed by atoms with Crippen molar-refractivity contribution in [1.29, 1.82) is 0 Å². The van der Waals surface area contributed by atoms with Crippen molar-refractivity contribution in [1.82, 2.24) is 5.32 Å². The first kappa shape index (κ1) is 13.9. The van der Waals surface area contributed by atoms with Crippen molar-refractivity contribution in [3.63, 3.8) is 0 Å². The summed E-state index contributed by atoms with van der Waals surface area (Å²) >= 11 is 5.93. The summed E-state index contributed by atoms with van der Waals surface area (Å²) in [6.45, 7) is 2.03. The molecule has 0 unspecified atom stereocenters. The second-order valence-electron chi connectivity index (χ2n) is 6.20. The average molecular weight is 296 g/mol. The molecular formula is C16H19ClFNO. The van der Waals surface area contributed by atoms with Crippen LogP contribution in [0.2, 0.25) is 5.02 Å². The van der Waals surface area contributed by atoms with Crippen molar-refractivity contribution in [2.75, 3.05) is 0 Å². The van der Waals surface area contributed by atoms with E-state index in [1.807, 2.05) is 6.92 Å².